The predicted octanol–water partition coefficient (Wildman–Crippen LogP) is -2.74. The van der Waals surface area contributed by atoms with Gasteiger partial charge in [0.1, 0.15) is 6.79 Å². The second-order valence-electron chi connectivity index (χ2n) is 2.35. The highest BCUT2D eigenvalue weighted by Crippen LogP contribution is 2.02. The molecule has 6 heteroatoms. The summed E-state index contributed by atoms with van der Waals surface area (Å²) in [6, 6.07) is 0. The van der Waals surface area contributed by atoms with Crippen LogP contribution in [0.3, 0.4) is 0 Å². The van der Waals surface area contributed by atoms with Gasteiger partial charge in [0.15, 0.2) is 0 Å². The smallest absolute Gasteiger partial charge is 0.146 e. The molecule has 6 nitrogen and oxygen atoms in total. The Morgan fingerprint density at radius 1 is 1.23 bits per heavy atom. The van der Waals surface area contributed by atoms with Gasteiger partial charge in [0, 0.05) is 31.9 Å². The number of hydrogen-bond donors (Lipinski definition) is 0. The standard InChI is InChI=1S/C7H12O6/c1-12-4-13-5(2-6(8)9)3-7(10)11/h5H,2-4H2,1H3,(H,8,9)(H,10,11)/p-2. The first kappa shape index (κ1) is 11.9. The van der Waals surface area contributed by atoms with Crippen molar-refractivity contribution < 1.29 is 29.3 Å². The van der Waals surface area contributed by atoms with Crippen LogP contribution in [0.1, 0.15) is 12.8 Å². The fraction of sp³-hybridized carbons (Fsp3) is 0.714. The van der Waals surface area contributed by atoms with Crippen molar-refractivity contribution in [1.29, 1.82) is 0 Å². The van der Waals surface area contributed by atoms with Crippen LogP contribution in [0.15, 0.2) is 0 Å². The van der Waals surface area contributed by atoms with Crippen molar-refractivity contribution in [2.45, 2.75) is 18.9 Å². The SMILES string of the molecule is COCOC(CC(=O)[O-])CC(=O)[O-]. The summed E-state index contributed by atoms with van der Waals surface area (Å²) in [5.41, 5.74) is 0. The van der Waals surface area contributed by atoms with Gasteiger partial charge >= 0.3 is 0 Å². The number of carboxylic acids is 2. The first-order chi connectivity index (χ1) is 6.06. The van der Waals surface area contributed by atoms with Crippen LogP contribution in [0.5, 0.6) is 0 Å². The molecule has 0 aliphatic rings. The lowest BCUT2D eigenvalue weighted by Gasteiger charge is -2.17. The molecule has 0 N–H and O–H groups in total. The fourth-order valence-electron chi connectivity index (χ4n) is 0.726. The van der Waals surface area contributed by atoms with E-state index in [1.165, 1.54) is 7.11 Å². The van der Waals surface area contributed by atoms with Crippen LogP contribution in [0.4, 0.5) is 0 Å². The van der Waals surface area contributed by atoms with Crippen LogP contribution in [0.2, 0.25) is 0 Å². The minimum atomic E-state index is -1.37. The van der Waals surface area contributed by atoms with E-state index in [2.05, 4.69) is 4.74 Å². The van der Waals surface area contributed by atoms with E-state index in [0.29, 0.717) is 0 Å². The molecule has 0 atom stereocenters. The van der Waals surface area contributed by atoms with Crippen molar-refractivity contribution in [2.24, 2.45) is 0 Å². The van der Waals surface area contributed by atoms with Gasteiger partial charge in [-0.3, -0.25) is 0 Å². The molecule has 0 rings (SSSR count). The number of carboxylic acid groups (broad SMARTS) is 2. The van der Waals surface area contributed by atoms with Crippen LogP contribution in [0.25, 0.3) is 0 Å². The van der Waals surface area contributed by atoms with E-state index in [1.54, 1.807) is 0 Å². The molecule has 0 aromatic heterocycles. The highest BCUT2D eigenvalue weighted by molar-refractivity contribution is 5.68. The fourth-order valence-corrected chi connectivity index (χ4v) is 0.726. The lowest BCUT2D eigenvalue weighted by molar-refractivity contribution is -0.312. The van der Waals surface area contributed by atoms with E-state index < -0.39 is 30.9 Å². The molecule has 0 saturated heterocycles. The molecule has 13 heavy (non-hydrogen) atoms. The van der Waals surface area contributed by atoms with Crippen molar-refractivity contribution in [2.75, 3.05) is 13.9 Å². The maximum absolute atomic E-state index is 10.1. The third-order valence-corrected chi connectivity index (χ3v) is 1.21. The third kappa shape index (κ3) is 7.23. The predicted molar refractivity (Wildman–Crippen MR) is 36.0 cm³/mol. The van der Waals surface area contributed by atoms with Crippen molar-refractivity contribution in [3.05, 3.63) is 0 Å². The zero-order chi connectivity index (χ0) is 10.3. The molecule has 0 saturated carbocycles. The number of carbonyl (C=O) groups excluding carboxylic acids is 2. The summed E-state index contributed by atoms with van der Waals surface area (Å²) in [5.74, 6) is -2.75. The van der Waals surface area contributed by atoms with E-state index in [9.17, 15) is 19.8 Å². The Labute approximate surface area is 75.1 Å². The minimum absolute atomic E-state index is 0.161. The molecule has 0 fully saturated rings. The molecular formula is C7H10O6-2. The summed E-state index contributed by atoms with van der Waals surface area (Å²) in [5, 5.41) is 20.2. The average molecular weight is 190 g/mol. The Morgan fingerprint density at radius 2 is 1.69 bits per heavy atom. The number of methoxy groups -OCH3 is 1. The largest absolute Gasteiger partial charge is 0.550 e. The highest BCUT2D eigenvalue weighted by atomic mass is 16.7. The minimum Gasteiger partial charge on any atom is -0.550 e. The number of carbonyl (C=O) groups is 2. The maximum atomic E-state index is 10.1. The second kappa shape index (κ2) is 6.38. The van der Waals surface area contributed by atoms with E-state index in [0.717, 1.165) is 0 Å². The molecule has 0 spiro atoms. The second-order valence-corrected chi connectivity index (χ2v) is 2.35. The van der Waals surface area contributed by atoms with Crippen LogP contribution in [0, 0.1) is 0 Å². The molecule has 0 aliphatic heterocycles. The van der Waals surface area contributed by atoms with Crippen LogP contribution in [-0.2, 0) is 19.1 Å². The Morgan fingerprint density at radius 3 is 2.00 bits per heavy atom. The average Bonchev–Trinajstić information content (AvgIpc) is 1.98. The molecule has 0 radical (unpaired) electrons. The van der Waals surface area contributed by atoms with E-state index >= 15 is 0 Å². The van der Waals surface area contributed by atoms with E-state index in [4.69, 9.17) is 4.74 Å². The highest BCUT2D eigenvalue weighted by Gasteiger charge is 2.09. The van der Waals surface area contributed by atoms with Gasteiger partial charge in [0.05, 0.1) is 6.10 Å². The van der Waals surface area contributed by atoms with Crippen LogP contribution in [-0.4, -0.2) is 31.9 Å². The molecule has 0 unspecified atom stereocenters. The zero-order valence-corrected chi connectivity index (χ0v) is 7.15. The van der Waals surface area contributed by atoms with Gasteiger partial charge in [-0.15, -0.1) is 0 Å². The van der Waals surface area contributed by atoms with Crippen LogP contribution < -0.4 is 10.2 Å². The molecule has 0 aromatic carbocycles. The summed E-state index contributed by atoms with van der Waals surface area (Å²) >= 11 is 0. The first-order valence-corrected chi connectivity index (χ1v) is 3.56. The van der Waals surface area contributed by atoms with Gasteiger partial charge in [-0.1, -0.05) is 0 Å². The Kier molecular flexibility index (Phi) is 5.82. The van der Waals surface area contributed by atoms with E-state index in [1.807, 2.05) is 0 Å². The lowest BCUT2D eigenvalue weighted by Crippen LogP contribution is -2.34. The number of aliphatic carboxylic acids is 2. The summed E-state index contributed by atoms with van der Waals surface area (Å²) in [6.45, 7) is -0.161. The first-order valence-electron chi connectivity index (χ1n) is 3.56. The topological polar surface area (TPSA) is 98.7 Å². The summed E-state index contributed by atoms with van der Waals surface area (Å²) < 4.78 is 9.24. The summed E-state index contributed by atoms with van der Waals surface area (Å²) in [4.78, 5) is 20.2. The monoisotopic (exact) mass is 190 g/mol. The van der Waals surface area contributed by atoms with Crippen molar-refractivity contribution >= 4 is 11.9 Å². The van der Waals surface area contributed by atoms with Crippen molar-refractivity contribution in [3.8, 4) is 0 Å². The van der Waals surface area contributed by atoms with Gasteiger partial charge < -0.3 is 29.3 Å². The zero-order valence-electron chi connectivity index (χ0n) is 7.15. The van der Waals surface area contributed by atoms with Crippen molar-refractivity contribution in [1.82, 2.24) is 0 Å². The number of rotatable bonds is 7. The van der Waals surface area contributed by atoms with Gasteiger partial charge in [0.2, 0.25) is 0 Å². The maximum Gasteiger partial charge on any atom is 0.146 e. The normalized spacial score (nSPS) is 10.3. The van der Waals surface area contributed by atoms with Gasteiger partial charge in [-0.2, -0.15) is 0 Å². The molecule has 0 aromatic rings. The number of ether oxygens (including phenoxy) is 2. The molecule has 0 bridgehead atoms. The quantitative estimate of drug-likeness (QED) is 0.404. The van der Waals surface area contributed by atoms with E-state index in [-0.39, 0.29) is 6.79 Å². The lowest BCUT2D eigenvalue weighted by atomic mass is 10.2. The molecule has 0 amide bonds. The summed E-state index contributed by atoms with van der Waals surface area (Å²) in [6.07, 6.45) is -1.94. The van der Waals surface area contributed by atoms with Gasteiger partial charge in [0.25, 0.3) is 0 Å². The molecule has 0 heterocycles. The Bertz CT molecular complexity index is 162. The number of hydrogen-bond acceptors (Lipinski definition) is 6. The van der Waals surface area contributed by atoms with Crippen molar-refractivity contribution in [3.63, 3.8) is 0 Å². The Hall–Kier alpha value is -1.14. The molecule has 0 aliphatic carbocycles. The third-order valence-electron chi connectivity index (χ3n) is 1.21. The Balaban J connectivity index is 3.87. The van der Waals surface area contributed by atoms with Gasteiger partial charge in [-0.05, 0) is 0 Å². The molecule has 76 valence electrons. The van der Waals surface area contributed by atoms with Crippen LogP contribution >= 0.6 is 0 Å². The van der Waals surface area contributed by atoms with Gasteiger partial charge in [-0.25, -0.2) is 0 Å². The molecular weight excluding hydrogens is 180 g/mol. The summed E-state index contributed by atoms with van der Waals surface area (Å²) in [7, 11) is 1.34.